The summed E-state index contributed by atoms with van der Waals surface area (Å²) in [5.74, 6) is 1.25. The van der Waals surface area contributed by atoms with Crippen molar-refractivity contribution in [2.75, 3.05) is 58.0 Å². The Balaban J connectivity index is 1.76. The molecule has 1 unspecified atom stereocenters. The van der Waals surface area contributed by atoms with Gasteiger partial charge < -0.3 is 24.4 Å². The lowest BCUT2D eigenvalue weighted by molar-refractivity contribution is -0.0915. The van der Waals surface area contributed by atoms with Crippen LogP contribution >= 0.6 is 0 Å². The molecule has 0 saturated carbocycles. The summed E-state index contributed by atoms with van der Waals surface area (Å²) in [5.41, 5.74) is -0.318. The lowest BCUT2D eigenvalue weighted by atomic mass is 10.0. The molecule has 1 spiro atoms. The van der Waals surface area contributed by atoms with E-state index in [4.69, 9.17) is 14.2 Å². The third-order valence-electron chi connectivity index (χ3n) is 3.59. The minimum atomic E-state index is -0.318. The molecule has 20 heavy (non-hydrogen) atoms. The van der Waals surface area contributed by atoms with Gasteiger partial charge in [0.15, 0.2) is 0 Å². The van der Waals surface area contributed by atoms with Crippen LogP contribution in [0.1, 0.15) is 0 Å². The molecule has 0 aliphatic carbocycles. The Morgan fingerprint density at radius 1 is 1.45 bits per heavy atom. The number of hydrogen-bond donors (Lipinski definition) is 1. The molecule has 1 atom stereocenters. The zero-order valence-electron chi connectivity index (χ0n) is 11.7. The summed E-state index contributed by atoms with van der Waals surface area (Å²) >= 11 is 0. The van der Waals surface area contributed by atoms with Crippen LogP contribution in [0, 0.1) is 0 Å². The summed E-state index contributed by atoms with van der Waals surface area (Å²) in [4.78, 5) is 10.9. The van der Waals surface area contributed by atoms with E-state index in [2.05, 4.69) is 20.2 Å². The average Bonchev–Trinajstić information content (AvgIpc) is 2.73. The molecule has 1 N–H and O–H groups in total. The second-order valence-corrected chi connectivity index (χ2v) is 5.08. The van der Waals surface area contributed by atoms with Crippen LogP contribution in [0.15, 0.2) is 12.3 Å². The minimum absolute atomic E-state index is 0.318. The third-order valence-corrected chi connectivity index (χ3v) is 3.59. The molecule has 2 saturated heterocycles. The molecule has 0 bridgehead atoms. The van der Waals surface area contributed by atoms with Crippen LogP contribution in [0.3, 0.4) is 0 Å². The predicted octanol–water partition coefficient (Wildman–Crippen LogP) is -0.320. The van der Waals surface area contributed by atoms with E-state index in [0.717, 1.165) is 26.2 Å². The van der Waals surface area contributed by atoms with Gasteiger partial charge in [-0.05, 0) is 0 Å². The summed E-state index contributed by atoms with van der Waals surface area (Å²) in [6, 6.07) is 1.75. The highest BCUT2D eigenvalue weighted by molar-refractivity contribution is 5.33. The highest BCUT2D eigenvalue weighted by Crippen LogP contribution is 2.23. The molecule has 2 fully saturated rings. The highest BCUT2D eigenvalue weighted by atomic mass is 16.5. The molecule has 7 nitrogen and oxygen atoms in total. The first-order valence-electron chi connectivity index (χ1n) is 6.86. The third kappa shape index (κ3) is 2.84. The molecule has 1 aromatic rings. The average molecular weight is 280 g/mol. The van der Waals surface area contributed by atoms with E-state index in [9.17, 15) is 0 Å². The maximum Gasteiger partial charge on any atom is 0.228 e. The molecule has 0 amide bonds. The van der Waals surface area contributed by atoms with Gasteiger partial charge in [-0.3, -0.25) is 0 Å². The molecule has 110 valence electrons. The Hall–Kier alpha value is -1.44. The number of anilines is 1. The Bertz CT molecular complexity index is 449. The number of nitrogens with one attached hydrogen (secondary N) is 1. The van der Waals surface area contributed by atoms with Crippen LogP contribution in [-0.2, 0) is 9.47 Å². The zero-order valence-corrected chi connectivity index (χ0v) is 11.7. The van der Waals surface area contributed by atoms with Crippen LogP contribution in [0.4, 0.5) is 5.95 Å². The van der Waals surface area contributed by atoms with Crippen LogP contribution < -0.4 is 15.0 Å². The van der Waals surface area contributed by atoms with Crippen molar-refractivity contribution >= 4 is 5.95 Å². The van der Waals surface area contributed by atoms with Gasteiger partial charge in [0, 0.05) is 31.9 Å². The summed E-state index contributed by atoms with van der Waals surface area (Å²) in [7, 11) is 1.61. The van der Waals surface area contributed by atoms with E-state index in [-0.39, 0.29) is 5.60 Å². The van der Waals surface area contributed by atoms with Gasteiger partial charge in [-0.1, -0.05) is 0 Å². The number of nitrogens with zero attached hydrogens (tertiary/aromatic N) is 3. The second kappa shape index (κ2) is 5.90. The number of morpholine rings is 1. The highest BCUT2D eigenvalue weighted by Gasteiger charge is 2.38. The van der Waals surface area contributed by atoms with Gasteiger partial charge in [0.2, 0.25) is 11.8 Å². The van der Waals surface area contributed by atoms with Crippen molar-refractivity contribution in [2.45, 2.75) is 5.60 Å². The zero-order chi connectivity index (χ0) is 13.8. The summed E-state index contributed by atoms with van der Waals surface area (Å²) in [6.07, 6.45) is 1.71. The van der Waals surface area contributed by atoms with Gasteiger partial charge in [0.05, 0.1) is 33.5 Å². The van der Waals surface area contributed by atoms with Gasteiger partial charge in [-0.2, -0.15) is 4.98 Å². The van der Waals surface area contributed by atoms with Crippen LogP contribution in [0.25, 0.3) is 0 Å². The number of methoxy groups -OCH3 is 1. The van der Waals surface area contributed by atoms with Crippen molar-refractivity contribution in [1.29, 1.82) is 0 Å². The van der Waals surface area contributed by atoms with Gasteiger partial charge in [-0.25, -0.2) is 4.98 Å². The van der Waals surface area contributed by atoms with Crippen molar-refractivity contribution in [3.8, 4) is 5.88 Å². The molecule has 0 radical (unpaired) electrons. The minimum Gasteiger partial charge on any atom is -0.481 e. The summed E-state index contributed by atoms with van der Waals surface area (Å²) in [5, 5.41) is 3.36. The number of ether oxygens (including phenoxy) is 3. The molecule has 3 rings (SSSR count). The van der Waals surface area contributed by atoms with E-state index in [1.54, 1.807) is 19.4 Å². The maximum absolute atomic E-state index is 5.98. The molecular formula is C13H20N4O3. The normalized spacial score (nSPS) is 27.4. The molecule has 0 aromatic carbocycles. The van der Waals surface area contributed by atoms with Crippen LogP contribution in [0.2, 0.25) is 0 Å². The smallest absolute Gasteiger partial charge is 0.228 e. The van der Waals surface area contributed by atoms with Crippen molar-refractivity contribution in [3.63, 3.8) is 0 Å². The van der Waals surface area contributed by atoms with E-state index in [0.29, 0.717) is 31.6 Å². The first-order valence-corrected chi connectivity index (χ1v) is 6.86. The second-order valence-electron chi connectivity index (χ2n) is 5.08. The number of rotatable bonds is 2. The SMILES string of the molecule is COc1ccnc(N2CCOC3(CNCCOC3)C2)n1. The van der Waals surface area contributed by atoms with Crippen molar-refractivity contribution in [2.24, 2.45) is 0 Å². The molecular weight excluding hydrogens is 260 g/mol. The Labute approximate surface area is 118 Å². The largest absolute Gasteiger partial charge is 0.481 e. The fourth-order valence-corrected chi connectivity index (χ4v) is 2.58. The predicted molar refractivity (Wildman–Crippen MR) is 73.2 cm³/mol. The molecule has 7 heteroatoms. The molecule has 3 heterocycles. The monoisotopic (exact) mass is 280 g/mol. The van der Waals surface area contributed by atoms with Gasteiger partial charge in [0.25, 0.3) is 0 Å². The quantitative estimate of drug-likeness (QED) is 0.796. The van der Waals surface area contributed by atoms with Crippen molar-refractivity contribution < 1.29 is 14.2 Å². The van der Waals surface area contributed by atoms with Crippen molar-refractivity contribution in [3.05, 3.63) is 12.3 Å². The first kappa shape index (κ1) is 13.5. The Morgan fingerprint density at radius 3 is 3.30 bits per heavy atom. The number of hydrogen-bond acceptors (Lipinski definition) is 7. The standard InChI is InChI=1S/C13H20N4O3/c1-18-11-2-3-15-12(16-11)17-5-7-20-13(9-17)8-14-4-6-19-10-13/h2-3,14H,4-10H2,1H3. The van der Waals surface area contributed by atoms with E-state index in [1.165, 1.54) is 0 Å². The fourth-order valence-electron chi connectivity index (χ4n) is 2.58. The lowest BCUT2D eigenvalue weighted by Gasteiger charge is -2.41. The van der Waals surface area contributed by atoms with E-state index in [1.807, 2.05) is 0 Å². The maximum atomic E-state index is 5.98. The fraction of sp³-hybridized carbons (Fsp3) is 0.692. The first-order chi connectivity index (χ1) is 9.81. The van der Waals surface area contributed by atoms with E-state index < -0.39 is 0 Å². The molecule has 2 aliphatic heterocycles. The van der Waals surface area contributed by atoms with Crippen LogP contribution in [0.5, 0.6) is 5.88 Å². The van der Waals surface area contributed by atoms with Gasteiger partial charge in [0.1, 0.15) is 5.60 Å². The lowest BCUT2D eigenvalue weighted by Crippen LogP contribution is -2.58. The summed E-state index contributed by atoms with van der Waals surface area (Å²) < 4.78 is 16.8. The topological polar surface area (TPSA) is 68.7 Å². The van der Waals surface area contributed by atoms with Gasteiger partial charge >= 0.3 is 0 Å². The molecule has 2 aliphatic rings. The summed E-state index contributed by atoms with van der Waals surface area (Å²) in [6.45, 7) is 5.10. The molecule has 1 aromatic heterocycles. The van der Waals surface area contributed by atoms with E-state index >= 15 is 0 Å². The Kier molecular flexibility index (Phi) is 4.00. The van der Waals surface area contributed by atoms with Crippen LogP contribution in [-0.4, -0.2) is 68.7 Å². The Morgan fingerprint density at radius 2 is 2.40 bits per heavy atom. The van der Waals surface area contributed by atoms with Crippen molar-refractivity contribution in [1.82, 2.24) is 15.3 Å². The number of aromatic nitrogens is 2. The van der Waals surface area contributed by atoms with Gasteiger partial charge in [-0.15, -0.1) is 0 Å².